The molecule has 2 fully saturated rings. The smallest absolute Gasteiger partial charge is 0.306 e. The van der Waals surface area contributed by atoms with E-state index >= 15 is 0 Å². The Morgan fingerprint density at radius 2 is 1.96 bits per heavy atom. The highest BCUT2D eigenvalue weighted by atomic mass is 19.2. The molecule has 2 amide bonds. The van der Waals surface area contributed by atoms with Crippen LogP contribution in [0.15, 0.2) is 18.2 Å². The topological polar surface area (TPSA) is 66.9 Å². The summed E-state index contributed by atoms with van der Waals surface area (Å²) in [7, 11) is 1.27. The van der Waals surface area contributed by atoms with Crippen LogP contribution < -0.4 is 0 Å². The maximum atomic E-state index is 14.0. The van der Waals surface area contributed by atoms with Gasteiger partial charge in [-0.1, -0.05) is 12.1 Å². The third-order valence-corrected chi connectivity index (χ3v) is 5.69. The summed E-state index contributed by atoms with van der Waals surface area (Å²) in [6, 6.07) is 3.95. The lowest BCUT2D eigenvalue weighted by molar-refractivity contribution is -0.147. The van der Waals surface area contributed by atoms with E-state index in [4.69, 9.17) is 0 Å². The number of esters is 1. The van der Waals surface area contributed by atoms with Gasteiger partial charge < -0.3 is 14.5 Å². The first kappa shape index (κ1) is 20.2. The van der Waals surface area contributed by atoms with Gasteiger partial charge in [-0.3, -0.25) is 14.4 Å². The van der Waals surface area contributed by atoms with Crippen molar-refractivity contribution in [2.45, 2.75) is 38.6 Å². The van der Waals surface area contributed by atoms with Crippen molar-refractivity contribution in [2.24, 2.45) is 5.41 Å². The van der Waals surface area contributed by atoms with E-state index in [1.807, 2.05) is 0 Å². The molecule has 1 atom stereocenters. The molecule has 0 aromatic heterocycles. The van der Waals surface area contributed by atoms with E-state index in [-0.39, 0.29) is 36.8 Å². The summed E-state index contributed by atoms with van der Waals surface area (Å²) >= 11 is 0. The van der Waals surface area contributed by atoms with E-state index < -0.39 is 23.0 Å². The molecule has 3 rings (SSSR count). The second-order valence-corrected chi connectivity index (χ2v) is 7.46. The molecule has 2 heterocycles. The number of hydrogen-bond acceptors (Lipinski definition) is 4. The lowest BCUT2D eigenvalue weighted by atomic mass is 9.78. The van der Waals surface area contributed by atoms with Crippen LogP contribution in [0.4, 0.5) is 8.78 Å². The number of nitrogens with zero attached hydrogens (tertiary/aromatic N) is 2. The Morgan fingerprint density at radius 3 is 2.71 bits per heavy atom. The highest BCUT2D eigenvalue weighted by Gasteiger charge is 2.49. The van der Waals surface area contributed by atoms with E-state index in [1.54, 1.807) is 9.80 Å². The fourth-order valence-electron chi connectivity index (χ4n) is 4.11. The number of rotatable bonds is 5. The maximum absolute atomic E-state index is 14.0. The summed E-state index contributed by atoms with van der Waals surface area (Å²) in [5, 5.41) is 0. The van der Waals surface area contributed by atoms with Crippen molar-refractivity contribution >= 4 is 17.8 Å². The quantitative estimate of drug-likeness (QED) is 0.719. The lowest BCUT2D eigenvalue weighted by Crippen LogP contribution is -2.50. The van der Waals surface area contributed by atoms with Crippen molar-refractivity contribution in [1.29, 1.82) is 0 Å². The van der Waals surface area contributed by atoms with Crippen LogP contribution in [0.2, 0.25) is 0 Å². The van der Waals surface area contributed by atoms with Crippen molar-refractivity contribution in [3.8, 4) is 0 Å². The van der Waals surface area contributed by atoms with E-state index in [1.165, 1.54) is 19.2 Å². The number of hydrogen-bond donors (Lipinski definition) is 0. The average molecular weight is 394 g/mol. The predicted molar refractivity (Wildman–Crippen MR) is 95.9 cm³/mol. The molecule has 1 aromatic carbocycles. The summed E-state index contributed by atoms with van der Waals surface area (Å²) in [5.41, 5.74) is -0.530. The molecule has 0 aliphatic carbocycles. The first-order valence-electron chi connectivity index (χ1n) is 9.43. The summed E-state index contributed by atoms with van der Waals surface area (Å²) in [5.74, 6) is -2.60. The molecule has 1 aromatic rings. The number of carbonyl (C=O) groups is 3. The number of carbonyl (C=O) groups excluding carboxylic acids is 3. The Labute approximate surface area is 162 Å². The van der Waals surface area contributed by atoms with Crippen LogP contribution >= 0.6 is 0 Å². The minimum atomic E-state index is -0.931. The SMILES string of the molecule is COC(=O)CCC(=O)N1CC[C@@]2(CCCN(Cc3cccc(F)c3F)C2=O)C1. The molecule has 2 aliphatic heterocycles. The first-order chi connectivity index (χ1) is 13.4. The number of piperidine rings is 1. The largest absolute Gasteiger partial charge is 0.469 e. The maximum Gasteiger partial charge on any atom is 0.306 e. The van der Waals surface area contributed by atoms with Crippen molar-refractivity contribution in [3.63, 3.8) is 0 Å². The van der Waals surface area contributed by atoms with Crippen LogP contribution in [0.3, 0.4) is 0 Å². The van der Waals surface area contributed by atoms with Gasteiger partial charge in [0.25, 0.3) is 0 Å². The van der Waals surface area contributed by atoms with Gasteiger partial charge in [0.05, 0.1) is 18.9 Å². The number of halogens is 2. The van der Waals surface area contributed by atoms with Gasteiger partial charge in [-0.15, -0.1) is 0 Å². The van der Waals surface area contributed by atoms with Gasteiger partial charge in [0.1, 0.15) is 0 Å². The van der Waals surface area contributed by atoms with Crippen molar-refractivity contribution in [1.82, 2.24) is 9.80 Å². The molecule has 0 saturated carbocycles. The molecule has 152 valence electrons. The third-order valence-electron chi connectivity index (χ3n) is 5.69. The molecular weight excluding hydrogens is 370 g/mol. The molecular formula is C20H24F2N2O4. The highest BCUT2D eigenvalue weighted by molar-refractivity contribution is 5.87. The Hall–Kier alpha value is -2.51. The van der Waals surface area contributed by atoms with E-state index in [0.717, 1.165) is 12.5 Å². The molecule has 6 nitrogen and oxygen atoms in total. The number of methoxy groups -OCH3 is 1. The monoisotopic (exact) mass is 394 g/mol. The van der Waals surface area contributed by atoms with E-state index in [9.17, 15) is 23.2 Å². The molecule has 0 unspecified atom stereocenters. The molecule has 1 spiro atoms. The molecule has 2 saturated heterocycles. The van der Waals surface area contributed by atoms with Crippen LogP contribution in [0.5, 0.6) is 0 Å². The highest BCUT2D eigenvalue weighted by Crippen LogP contribution is 2.40. The minimum absolute atomic E-state index is 0.0117. The normalized spacial score (nSPS) is 22.0. The van der Waals surface area contributed by atoms with Crippen LogP contribution in [-0.4, -0.2) is 54.3 Å². The van der Waals surface area contributed by atoms with Crippen molar-refractivity contribution in [2.75, 3.05) is 26.7 Å². The van der Waals surface area contributed by atoms with Gasteiger partial charge in [-0.25, -0.2) is 8.78 Å². The van der Waals surface area contributed by atoms with Crippen molar-refractivity contribution in [3.05, 3.63) is 35.4 Å². The average Bonchev–Trinajstić information content (AvgIpc) is 3.12. The molecule has 0 bridgehead atoms. The first-order valence-corrected chi connectivity index (χ1v) is 9.43. The minimum Gasteiger partial charge on any atom is -0.469 e. The number of likely N-dealkylation sites (tertiary alicyclic amines) is 2. The van der Waals surface area contributed by atoms with Gasteiger partial charge in [0.2, 0.25) is 11.8 Å². The Kier molecular flexibility index (Phi) is 5.96. The fourth-order valence-corrected chi connectivity index (χ4v) is 4.11. The van der Waals surface area contributed by atoms with Gasteiger partial charge in [-0.2, -0.15) is 0 Å². The van der Waals surface area contributed by atoms with Gasteiger partial charge in [0, 0.05) is 38.2 Å². The molecule has 2 aliphatic rings. The zero-order valence-corrected chi connectivity index (χ0v) is 15.9. The zero-order valence-electron chi connectivity index (χ0n) is 15.9. The number of benzene rings is 1. The second kappa shape index (κ2) is 8.24. The third kappa shape index (κ3) is 4.00. The van der Waals surface area contributed by atoms with E-state index in [0.29, 0.717) is 32.5 Å². The fraction of sp³-hybridized carbons (Fsp3) is 0.550. The van der Waals surface area contributed by atoms with Crippen molar-refractivity contribution < 1.29 is 27.9 Å². The zero-order chi connectivity index (χ0) is 20.3. The summed E-state index contributed by atoms with van der Waals surface area (Å²) < 4.78 is 32.0. The second-order valence-electron chi connectivity index (χ2n) is 7.46. The summed E-state index contributed by atoms with van der Waals surface area (Å²) in [6.45, 7) is 1.25. The van der Waals surface area contributed by atoms with Crippen LogP contribution in [0.1, 0.15) is 37.7 Å². The van der Waals surface area contributed by atoms with Gasteiger partial charge >= 0.3 is 5.97 Å². The number of amides is 2. The summed E-state index contributed by atoms with van der Waals surface area (Å²) in [4.78, 5) is 39.9. The molecule has 8 heteroatoms. The molecule has 0 N–H and O–H groups in total. The van der Waals surface area contributed by atoms with Crippen LogP contribution in [0.25, 0.3) is 0 Å². The number of ether oxygens (including phenoxy) is 1. The Bertz CT molecular complexity index is 785. The van der Waals surface area contributed by atoms with Gasteiger partial charge in [0.15, 0.2) is 11.6 Å². The van der Waals surface area contributed by atoms with Crippen LogP contribution in [-0.2, 0) is 25.7 Å². The lowest BCUT2D eigenvalue weighted by Gasteiger charge is -2.39. The van der Waals surface area contributed by atoms with Crippen LogP contribution in [0, 0.1) is 17.0 Å². The summed E-state index contributed by atoms with van der Waals surface area (Å²) in [6.07, 6.45) is 2.01. The Balaban J connectivity index is 1.66. The molecule has 0 radical (unpaired) electrons. The standard InChI is InChI=1S/C20H24F2N2O4/c1-28-17(26)7-6-16(25)24-11-9-20(13-24)8-3-10-23(19(20)27)12-14-4-2-5-15(21)18(14)22/h2,4-5H,3,6-13H2,1H3/t20-/m0/s1. The predicted octanol–water partition coefficient (Wildman–Crippen LogP) is 2.26. The van der Waals surface area contributed by atoms with Gasteiger partial charge in [-0.05, 0) is 25.3 Å². The van der Waals surface area contributed by atoms with E-state index in [2.05, 4.69) is 4.74 Å². The Morgan fingerprint density at radius 1 is 1.18 bits per heavy atom. The molecule has 28 heavy (non-hydrogen) atoms.